The van der Waals surface area contributed by atoms with Crippen molar-refractivity contribution < 1.29 is 0 Å². The number of rotatable bonds is 8. The lowest BCUT2D eigenvalue weighted by Gasteiger charge is -2.13. The summed E-state index contributed by atoms with van der Waals surface area (Å²) in [5.41, 5.74) is 1.13. The predicted octanol–water partition coefficient (Wildman–Crippen LogP) is 4.60. The first kappa shape index (κ1) is 16.4. The van der Waals surface area contributed by atoms with Crippen molar-refractivity contribution in [3.8, 4) is 0 Å². The van der Waals surface area contributed by atoms with Crippen molar-refractivity contribution in [3.05, 3.63) is 16.0 Å². The van der Waals surface area contributed by atoms with Gasteiger partial charge in [-0.05, 0) is 41.1 Å². The summed E-state index contributed by atoms with van der Waals surface area (Å²) in [5, 5.41) is 3.39. The van der Waals surface area contributed by atoms with Gasteiger partial charge in [-0.3, -0.25) is 0 Å². The Hall–Kier alpha value is -0.640. The number of nitrogens with one attached hydrogen (secondary N) is 1. The molecule has 0 aliphatic rings. The second kappa shape index (κ2) is 8.51. The van der Waals surface area contributed by atoms with Gasteiger partial charge in [-0.1, -0.05) is 34.1 Å². The van der Waals surface area contributed by atoms with E-state index >= 15 is 0 Å². The van der Waals surface area contributed by atoms with Crippen LogP contribution in [-0.2, 0) is 12.8 Å². The molecule has 0 bridgehead atoms. The highest BCUT2D eigenvalue weighted by atomic mass is 79.9. The Kier molecular flexibility index (Phi) is 7.36. The van der Waals surface area contributed by atoms with Crippen molar-refractivity contribution in [1.82, 2.24) is 9.97 Å². The van der Waals surface area contributed by atoms with Gasteiger partial charge in [0.2, 0.25) is 0 Å². The number of halogens is 1. The SMILES string of the molecule is CCCNc1nc(CCC(C)C)nc(CCC)c1Br. The summed E-state index contributed by atoms with van der Waals surface area (Å²) < 4.78 is 1.04. The van der Waals surface area contributed by atoms with Gasteiger partial charge in [-0.25, -0.2) is 9.97 Å². The summed E-state index contributed by atoms with van der Waals surface area (Å²) in [6, 6.07) is 0. The summed E-state index contributed by atoms with van der Waals surface area (Å²) in [5.74, 6) is 2.62. The van der Waals surface area contributed by atoms with E-state index in [0.717, 1.165) is 60.5 Å². The Balaban J connectivity index is 2.93. The lowest BCUT2D eigenvalue weighted by atomic mass is 10.1. The van der Waals surface area contributed by atoms with Crippen LogP contribution in [0.4, 0.5) is 5.82 Å². The number of aryl methyl sites for hydroxylation is 2. The maximum absolute atomic E-state index is 4.70. The van der Waals surface area contributed by atoms with E-state index in [2.05, 4.69) is 53.9 Å². The summed E-state index contributed by atoms with van der Waals surface area (Å²) in [7, 11) is 0. The van der Waals surface area contributed by atoms with Crippen LogP contribution in [0.1, 0.15) is 58.5 Å². The molecule has 0 aliphatic carbocycles. The molecule has 3 nitrogen and oxygen atoms in total. The Morgan fingerprint density at radius 2 is 1.84 bits per heavy atom. The molecule has 108 valence electrons. The zero-order valence-electron chi connectivity index (χ0n) is 12.6. The van der Waals surface area contributed by atoms with Crippen LogP contribution in [0.15, 0.2) is 4.47 Å². The Morgan fingerprint density at radius 3 is 2.42 bits per heavy atom. The first-order valence-electron chi connectivity index (χ1n) is 7.37. The quantitative estimate of drug-likeness (QED) is 0.758. The zero-order chi connectivity index (χ0) is 14.3. The van der Waals surface area contributed by atoms with Crippen LogP contribution in [0.5, 0.6) is 0 Å². The molecular weight excluding hydrogens is 302 g/mol. The van der Waals surface area contributed by atoms with Gasteiger partial charge in [0.15, 0.2) is 0 Å². The van der Waals surface area contributed by atoms with Gasteiger partial charge in [0.25, 0.3) is 0 Å². The molecule has 0 saturated heterocycles. The number of hydrogen-bond acceptors (Lipinski definition) is 3. The fraction of sp³-hybridized carbons (Fsp3) is 0.733. The van der Waals surface area contributed by atoms with Gasteiger partial charge in [0.05, 0.1) is 10.2 Å². The third-order valence-corrected chi connectivity index (χ3v) is 3.77. The van der Waals surface area contributed by atoms with Crippen molar-refractivity contribution in [2.24, 2.45) is 5.92 Å². The topological polar surface area (TPSA) is 37.8 Å². The maximum atomic E-state index is 4.70. The minimum Gasteiger partial charge on any atom is -0.369 e. The number of anilines is 1. The highest BCUT2D eigenvalue weighted by molar-refractivity contribution is 9.10. The Labute approximate surface area is 125 Å². The average Bonchev–Trinajstić information content (AvgIpc) is 2.38. The summed E-state index contributed by atoms with van der Waals surface area (Å²) in [6.07, 6.45) is 5.30. The lowest BCUT2D eigenvalue weighted by molar-refractivity contribution is 0.573. The van der Waals surface area contributed by atoms with Crippen LogP contribution in [0.2, 0.25) is 0 Å². The second-order valence-corrected chi connectivity index (χ2v) is 6.15. The molecule has 1 rings (SSSR count). The summed E-state index contributed by atoms with van der Waals surface area (Å²) in [4.78, 5) is 9.36. The van der Waals surface area contributed by atoms with Gasteiger partial charge in [-0.15, -0.1) is 0 Å². The molecule has 0 spiro atoms. The molecule has 1 N–H and O–H groups in total. The van der Waals surface area contributed by atoms with Crippen LogP contribution >= 0.6 is 15.9 Å². The smallest absolute Gasteiger partial charge is 0.144 e. The van der Waals surface area contributed by atoms with Crippen LogP contribution in [0, 0.1) is 5.92 Å². The van der Waals surface area contributed by atoms with Crippen molar-refractivity contribution in [3.63, 3.8) is 0 Å². The van der Waals surface area contributed by atoms with E-state index < -0.39 is 0 Å². The van der Waals surface area contributed by atoms with E-state index in [4.69, 9.17) is 4.98 Å². The molecule has 0 unspecified atom stereocenters. The third-order valence-electron chi connectivity index (χ3n) is 2.94. The van der Waals surface area contributed by atoms with Crippen LogP contribution < -0.4 is 5.32 Å². The van der Waals surface area contributed by atoms with Crippen LogP contribution in [0.25, 0.3) is 0 Å². The monoisotopic (exact) mass is 327 g/mol. The zero-order valence-corrected chi connectivity index (χ0v) is 14.2. The van der Waals surface area contributed by atoms with Crippen LogP contribution in [-0.4, -0.2) is 16.5 Å². The molecule has 0 saturated carbocycles. The average molecular weight is 328 g/mol. The molecule has 0 amide bonds. The molecule has 0 aliphatic heterocycles. The van der Waals surface area contributed by atoms with E-state index in [9.17, 15) is 0 Å². The minimum absolute atomic E-state index is 0.689. The predicted molar refractivity (Wildman–Crippen MR) is 85.7 cm³/mol. The normalized spacial score (nSPS) is 11.1. The van der Waals surface area contributed by atoms with Gasteiger partial charge >= 0.3 is 0 Å². The second-order valence-electron chi connectivity index (χ2n) is 5.36. The number of aromatic nitrogens is 2. The Morgan fingerprint density at radius 1 is 1.11 bits per heavy atom. The first-order valence-corrected chi connectivity index (χ1v) is 8.16. The molecule has 1 aromatic rings. The van der Waals surface area contributed by atoms with Gasteiger partial charge < -0.3 is 5.32 Å². The third kappa shape index (κ3) is 5.47. The Bertz CT molecular complexity index is 391. The highest BCUT2D eigenvalue weighted by Gasteiger charge is 2.11. The first-order chi connectivity index (χ1) is 9.08. The van der Waals surface area contributed by atoms with E-state index in [-0.39, 0.29) is 0 Å². The van der Waals surface area contributed by atoms with Crippen LogP contribution in [0.3, 0.4) is 0 Å². The maximum Gasteiger partial charge on any atom is 0.144 e. The molecule has 0 radical (unpaired) electrons. The fourth-order valence-corrected chi connectivity index (χ4v) is 2.35. The van der Waals surface area contributed by atoms with E-state index in [1.54, 1.807) is 0 Å². The minimum atomic E-state index is 0.689. The highest BCUT2D eigenvalue weighted by Crippen LogP contribution is 2.25. The van der Waals surface area contributed by atoms with E-state index in [1.165, 1.54) is 0 Å². The largest absolute Gasteiger partial charge is 0.369 e. The number of nitrogens with zero attached hydrogens (tertiary/aromatic N) is 2. The summed E-state index contributed by atoms with van der Waals surface area (Å²) in [6.45, 7) is 9.77. The van der Waals surface area contributed by atoms with Gasteiger partial charge in [0.1, 0.15) is 11.6 Å². The molecule has 1 aromatic heterocycles. The standard InChI is InChI=1S/C15H26BrN3/c1-5-7-12-14(16)15(17-10-6-2)19-13(18-12)9-8-11(3)4/h11H,5-10H2,1-4H3,(H,17,18,19). The van der Waals surface area contributed by atoms with Crippen molar-refractivity contribution >= 4 is 21.7 Å². The molecule has 4 heteroatoms. The molecule has 1 heterocycles. The fourth-order valence-electron chi connectivity index (χ4n) is 1.84. The molecule has 19 heavy (non-hydrogen) atoms. The lowest BCUT2D eigenvalue weighted by Crippen LogP contribution is -2.09. The van der Waals surface area contributed by atoms with Crippen molar-refractivity contribution in [2.75, 3.05) is 11.9 Å². The molecular formula is C15H26BrN3. The summed E-state index contributed by atoms with van der Waals surface area (Å²) >= 11 is 3.64. The van der Waals surface area contributed by atoms with E-state index in [1.807, 2.05) is 0 Å². The molecule has 0 fully saturated rings. The molecule has 0 atom stereocenters. The number of hydrogen-bond donors (Lipinski definition) is 1. The molecule has 0 aromatic carbocycles. The van der Waals surface area contributed by atoms with E-state index in [0.29, 0.717) is 5.92 Å². The van der Waals surface area contributed by atoms with Crippen molar-refractivity contribution in [2.45, 2.75) is 59.8 Å². The van der Waals surface area contributed by atoms with Gasteiger partial charge in [-0.2, -0.15) is 0 Å². The van der Waals surface area contributed by atoms with Crippen molar-refractivity contribution in [1.29, 1.82) is 0 Å². The van der Waals surface area contributed by atoms with Gasteiger partial charge in [0, 0.05) is 13.0 Å².